The molecule has 1 rings (SSSR count). The smallest absolute Gasteiger partial charge is 0.119 e. The van der Waals surface area contributed by atoms with Gasteiger partial charge in [0.2, 0.25) is 0 Å². The zero-order valence-electron chi connectivity index (χ0n) is 11.5. The van der Waals surface area contributed by atoms with Gasteiger partial charge in [0, 0.05) is 19.2 Å². The molecule has 2 atom stereocenters. The second-order valence-electron chi connectivity index (χ2n) is 4.46. The lowest BCUT2D eigenvalue weighted by Gasteiger charge is -2.17. The maximum Gasteiger partial charge on any atom is 0.119 e. The summed E-state index contributed by atoms with van der Waals surface area (Å²) in [6, 6.07) is 7.40. The molecular weight excluding hydrogens is 246 g/mol. The highest BCUT2D eigenvalue weighted by molar-refractivity contribution is 5.31. The molecule has 5 nitrogen and oxygen atoms in total. The highest BCUT2D eigenvalue weighted by atomic mass is 16.5. The zero-order valence-corrected chi connectivity index (χ0v) is 11.5. The van der Waals surface area contributed by atoms with Crippen molar-refractivity contribution in [3.8, 4) is 11.5 Å². The molecule has 0 aromatic heterocycles. The van der Waals surface area contributed by atoms with E-state index in [1.165, 1.54) is 0 Å². The van der Waals surface area contributed by atoms with Crippen molar-refractivity contribution in [3.63, 3.8) is 0 Å². The summed E-state index contributed by atoms with van der Waals surface area (Å²) in [5, 5.41) is 21.6. The Morgan fingerprint density at radius 1 is 1.21 bits per heavy atom. The summed E-state index contributed by atoms with van der Waals surface area (Å²) in [5.41, 5.74) is 0. The average Bonchev–Trinajstić information content (AvgIpc) is 2.44. The number of rotatable bonds is 9. The number of aliphatic hydroxyl groups excluding tert-OH is 2. The minimum Gasteiger partial charge on any atom is -0.497 e. The van der Waals surface area contributed by atoms with Crippen molar-refractivity contribution >= 4 is 0 Å². The first-order chi connectivity index (χ1) is 9.15. The van der Waals surface area contributed by atoms with Gasteiger partial charge in [0.05, 0.1) is 7.11 Å². The maximum atomic E-state index is 9.75. The van der Waals surface area contributed by atoms with Crippen molar-refractivity contribution in [1.29, 1.82) is 0 Å². The van der Waals surface area contributed by atoms with E-state index in [0.29, 0.717) is 18.7 Å². The van der Waals surface area contributed by atoms with Gasteiger partial charge in [-0.25, -0.2) is 0 Å². The molecule has 0 aliphatic rings. The molecule has 0 bridgehead atoms. The number of methoxy groups -OCH3 is 1. The number of hydrogen-bond donors (Lipinski definition) is 3. The van der Waals surface area contributed by atoms with Crippen LogP contribution in [0.2, 0.25) is 0 Å². The van der Waals surface area contributed by atoms with Crippen LogP contribution in [-0.4, -0.2) is 49.2 Å². The maximum absolute atomic E-state index is 9.75. The second kappa shape index (κ2) is 8.74. The molecule has 1 aromatic rings. The number of nitrogens with one attached hydrogen (secondary N) is 1. The number of hydrogen-bond acceptors (Lipinski definition) is 5. The Balaban J connectivity index is 2.23. The van der Waals surface area contributed by atoms with Crippen molar-refractivity contribution in [2.24, 2.45) is 0 Å². The van der Waals surface area contributed by atoms with E-state index < -0.39 is 6.10 Å². The third-order valence-corrected chi connectivity index (χ3v) is 2.77. The molecular formula is C14H23NO4. The molecule has 5 heteroatoms. The average molecular weight is 269 g/mol. The van der Waals surface area contributed by atoms with E-state index in [9.17, 15) is 5.11 Å². The van der Waals surface area contributed by atoms with Crippen molar-refractivity contribution in [1.82, 2.24) is 5.32 Å². The molecule has 1 aromatic carbocycles. The molecule has 0 aliphatic carbocycles. The van der Waals surface area contributed by atoms with Crippen LogP contribution in [0.3, 0.4) is 0 Å². The van der Waals surface area contributed by atoms with Gasteiger partial charge in [0.15, 0.2) is 0 Å². The monoisotopic (exact) mass is 269 g/mol. The lowest BCUT2D eigenvalue weighted by atomic mass is 10.2. The normalized spacial score (nSPS) is 13.9. The van der Waals surface area contributed by atoms with Crippen LogP contribution in [0, 0.1) is 0 Å². The molecule has 108 valence electrons. The fraction of sp³-hybridized carbons (Fsp3) is 0.571. The van der Waals surface area contributed by atoms with Gasteiger partial charge in [0.25, 0.3) is 0 Å². The Morgan fingerprint density at radius 3 is 2.42 bits per heavy atom. The van der Waals surface area contributed by atoms with Crippen LogP contribution in [0.5, 0.6) is 11.5 Å². The van der Waals surface area contributed by atoms with Gasteiger partial charge in [0.1, 0.15) is 24.2 Å². The van der Waals surface area contributed by atoms with Gasteiger partial charge in [-0.3, -0.25) is 0 Å². The Labute approximate surface area is 114 Å². The Morgan fingerprint density at radius 2 is 1.84 bits per heavy atom. The molecule has 0 spiro atoms. The molecule has 0 radical (unpaired) electrons. The molecule has 0 saturated heterocycles. The molecule has 0 saturated carbocycles. The topological polar surface area (TPSA) is 71.0 Å². The fourth-order valence-electron chi connectivity index (χ4n) is 1.56. The SMILES string of the molecule is COc1ccc(OCC(O)CNC(C)CCO)cc1. The van der Waals surface area contributed by atoms with Gasteiger partial charge in [-0.05, 0) is 37.6 Å². The predicted molar refractivity (Wildman–Crippen MR) is 73.7 cm³/mol. The lowest BCUT2D eigenvalue weighted by molar-refractivity contribution is 0.103. The van der Waals surface area contributed by atoms with E-state index in [-0.39, 0.29) is 19.3 Å². The Bertz CT molecular complexity index is 342. The summed E-state index contributed by atoms with van der Waals surface area (Å²) in [7, 11) is 1.61. The first-order valence-electron chi connectivity index (χ1n) is 6.45. The van der Waals surface area contributed by atoms with E-state index in [1.54, 1.807) is 19.2 Å². The summed E-state index contributed by atoms with van der Waals surface area (Å²) in [6.07, 6.45) is 0.0923. The Hall–Kier alpha value is -1.30. The van der Waals surface area contributed by atoms with Gasteiger partial charge in [-0.15, -0.1) is 0 Å². The van der Waals surface area contributed by atoms with E-state index >= 15 is 0 Å². The predicted octanol–water partition coefficient (Wildman–Crippen LogP) is 0.795. The summed E-state index contributed by atoms with van der Waals surface area (Å²) in [5.74, 6) is 1.47. The molecule has 19 heavy (non-hydrogen) atoms. The number of benzene rings is 1. The number of aliphatic hydroxyl groups is 2. The summed E-state index contributed by atoms with van der Waals surface area (Å²) in [4.78, 5) is 0. The van der Waals surface area contributed by atoms with Crippen molar-refractivity contribution in [2.45, 2.75) is 25.5 Å². The lowest BCUT2D eigenvalue weighted by Crippen LogP contribution is -2.37. The molecule has 0 fully saturated rings. The van der Waals surface area contributed by atoms with Crippen molar-refractivity contribution in [2.75, 3.05) is 26.9 Å². The quantitative estimate of drug-likeness (QED) is 0.618. The van der Waals surface area contributed by atoms with Gasteiger partial charge < -0.3 is 25.0 Å². The highest BCUT2D eigenvalue weighted by Crippen LogP contribution is 2.16. The molecule has 0 amide bonds. The van der Waals surface area contributed by atoms with Crippen LogP contribution in [0.15, 0.2) is 24.3 Å². The molecule has 0 aliphatic heterocycles. The van der Waals surface area contributed by atoms with Crippen molar-refractivity contribution < 1.29 is 19.7 Å². The third kappa shape index (κ3) is 6.42. The first-order valence-corrected chi connectivity index (χ1v) is 6.45. The van der Waals surface area contributed by atoms with Gasteiger partial charge in [-0.2, -0.15) is 0 Å². The first kappa shape index (κ1) is 15.8. The van der Waals surface area contributed by atoms with Crippen LogP contribution in [0.4, 0.5) is 0 Å². The minimum atomic E-state index is -0.580. The van der Waals surface area contributed by atoms with Gasteiger partial charge in [-0.1, -0.05) is 0 Å². The molecule has 3 N–H and O–H groups in total. The molecule has 0 heterocycles. The van der Waals surface area contributed by atoms with E-state index in [2.05, 4.69) is 5.32 Å². The summed E-state index contributed by atoms with van der Waals surface area (Å²) < 4.78 is 10.5. The van der Waals surface area contributed by atoms with Crippen LogP contribution < -0.4 is 14.8 Å². The third-order valence-electron chi connectivity index (χ3n) is 2.77. The van der Waals surface area contributed by atoms with Crippen LogP contribution in [0.25, 0.3) is 0 Å². The van der Waals surface area contributed by atoms with Crippen LogP contribution >= 0.6 is 0 Å². The summed E-state index contributed by atoms with van der Waals surface area (Å²) >= 11 is 0. The fourth-order valence-corrected chi connectivity index (χ4v) is 1.56. The second-order valence-corrected chi connectivity index (χ2v) is 4.46. The highest BCUT2D eigenvalue weighted by Gasteiger charge is 2.07. The van der Waals surface area contributed by atoms with Crippen LogP contribution in [0.1, 0.15) is 13.3 Å². The van der Waals surface area contributed by atoms with Crippen LogP contribution in [-0.2, 0) is 0 Å². The number of ether oxygens (including phenoxy) is 2. The largest absolute Gasteiger partial charge is 0.497 e. The molecule has 2 unspecified atom stereocenters. The zero-order chi connectivity index (χ0) is 14.1. The van der Waals surface area contributed by atoms with Gasteiger partial charge >= 0.3 is 0 Å². The van der Waals surface area contributed by atoms with E-state index in [1.807, 2.05) is 19.1 Å². The minimum absolute atomic E-state index is 0.145. The van der Waals surface area contributed by atoms with E-state index in [4.69, 9.17) is 14.6 Å². The summed E-state index contributed by atoms with van der Waals surface area (Å²) in [6.45, 7) is 2.78. The Kier molecular flexibility index (Phi) is 7.25. The van der Waals surface area contributed by atoms with Crippen molar-refractivity contribution in [3.05, 3.63) is 24.3 Å². The standard InChI is InChI=1S/C14H23NO4/c1-11(7-8-16)15-9-12(17)10-19-14-5-3-13(18-2)4-6-14/h3-6,11-12,15-17H,7-10H2,1-2H3. The van der Waals surface area contributed by atoms with E-state index in [0.717, 1.165) is 5.75 Å².